The standard InChI is InChI=1S/C16H16ClFN2O/c1-10-3-6-14(9-15(10)17)19-11(2)16(21)20-13-7-4-12(18)5-8-13/h3-9,11,19H,1-2H3,(H,20,21)/t11-/m1/s1. The zero-order valence-electron chi connectivity index (χ0n) is 11.8. The first kappa shape index (κ1) is 15.3. The van der Waals surface area contributed by atoms with E-state index in [-0.39, 0.29) is 11.7 Å². The summed E-state index contributed by atoms with van der Waals surface area (Å²) in [5.74, 6) is -0.549. The van der Waals surface area contributed by atoms with Crippen molar-refractivity contribution in [3.63, 3.8) is 0 Å². The van der Waals surface area contributed by atoms with E-state index >= 15 is 0 Å². The first-order chi connectivity index (χ1) is 9.95. The lowest BCUT2D eigenvalue weighted by Crippen LogP contribution is -2.31. The van der Waals surface area contributed by atoms with E-state index in [1.165, 1.54) is 24.3 Å². The molecule has 2 N–H and O–H groups in total. The normalized spacial score (nSPS) is 11.8. The number of carbonyl (C=O) groups is 1. The zero-order valence-corrected chi connectivity index (χ0v) is 12.5. The average molecular weight is 307 g/mol. The van der Waals surface area contributed by atoms with E-state index in [0.29, 0.717) is 10.7 Å². The molecule has 0 bridgehead atoms. The summed E-state index contributed by atoms with van der Waals surface area (Å²) in [6.07, 6.45) is 0. The van der Waals surface area contributed by atoms with Gasteiger partial charge in [0.2, 0.25) is 5.91 Å². The Morgan fingerprint density at radius 3 is 2.38 bits per heavy atom. The maximum atomic E-state index is 12.8. The van der Waals surface area contributed by atoms with Crippen LogP contribution in [0.1, 0.15) is 12.5 Å². The van der Waals surface area contributed by atoms with Gasteiger partial charge in [0.05, 0.1) is 0 Å². The largest absolute Gasteiger partial charge is 0.374 e. The summed E-state index contributed by atoms with van der Waals surface area (Å²) in [4.78, 5) is 12.1. The van der Waals surface area contributed by atoms with Crippen LogP contribution in [0, 0.1) is 12.7 Å². The predicted molar refractivity (Wildman–Crippen MR) is 84.3 cm³/mol. The average Bonchev–Trinajstić information content (AvgIpc) is 2.45. The predicted octanol–water partition coefficient (Wildman–Crippen LogP) is 4.23. The van der Waals surface area contributed by atoms with Crippen molar-refractivity contribution in [2.24, 2.45) is 0 Å². The molecule has 3 nitrogen and oxygen atoms in total. The number of halogens is 2. The highest BCUT2D eigenvalue weighted by molar-refractivity contribution is 6.31. The third kappa shape index (κ3) is 4.20. The van der Waals surface area contributed by atoms with Crippen molar-refractivity contribution in [3.8, 4) is 0 Å². The van der Waals surface area contributed by atoms with Gasteiger partial charge in [0.1, 0.15) is 11.9 Å². The summed E-state index contributed by atoms with van der Waals surface area (Å²) in [6.45, 7) is 3.66. The van der Waals surface area contributed by atoms with E-state index in [0.717, 1.165) is 11.3 Å². The molecule has 0 spiro atoms. The highest BCUT2D eigenvalue weighted by Gasteiger charge is 2.13. The number of hydrogen-bond donors (Lipinski definition) is 2. The fourth-order valence-electron chi connectivity index (χ4n) is 1.78. The van der Waals surface area contributed by atoms with Crippen molar-refractivity contribution in [1.82, 2.24) is 0 Å². The van der Waals surface area contributed by atoms with Gasteiger partial charge in [0.25, 0.3) is 0 Å². The lowest BCUT2D eigenvalue weighted by atomic mass is 10.2. The minimum absolute atomic E-state index is 0.210. The molecule has 5 heteroatoms. The third-order valence-electron chi connectivity index (χ3n) is 3.06. The second-order valence-corrected chi connectivity index (χ2v) is 5.23. The monoisotopic (exact) mass is 306 g/mol. The summed E-state index contributed by atoms with van der Waals surface area (Å²) in [5, 5.41) is 6.43. The van der Waals surface area contributed by atoms with Crippen LogP contribution in [0.2, 0.25) is 5.02 Å². The number of carbonyl (C=O) groups excluding carboxylic acids is 1. The summed E-state index contributed by atoms with van der Waals surface area (Å²) < 4.78 is 12.8. The number of nitrogens with one attached hydrogen (secondary N) is 2. The fraction of sp³-hybridized carbons (Fsp3) is 0.188. The highest BCUT2D eigenvalue weighted by Crippen LogP contribution is 2.20. The molecule has 0 aliphatic carbocycles. The topological polar surface area (TPSA) is 41.1 Å². The molecule has 0 aliphatic rings. The van der Waals surface area contributed by atoms with Crippen LogP contribution in [-0.4, -0.2) is 11.9 Å². The Hall–Kier alpha value is -2.07. The molecule has 0 saturated carbocycles. The summed E-state index contributed by atoms with van der Waals surface area (Å²) >= 11 is 6.05. The van der Waals surface area contributed by atoms with E-state index in [9.17, 15) is 9.18 Å². The number of aryl methyl sites for hydroxylation is 1. The van der Waals surface area contributed by atoms with Crippen molar-refractivity contribution in [1.29, 1.82) is 0 Å². The quantitative estimate of drug-likeness (QED) is 0.887. The summed E-state index contributed by atoms with van der Waals surface area (Å²) in [5.41, 5.74) is 2.30. The first-order valence-corrected chi connectivity index (χ1v) is 6.92. The summed E-state index contributed by atoms with van der Waals surface area (Å²) in [7, 11) is 0. The van der Waals surface area contributed by atoms with Gasteiger partial charge in [-0.2, -0.15) is 0 Å². The minimum Gasteiger partial charge on any atom is -0.374 e. The molecular formula is C16H16ClFN2O. The smallest absolute Gasteiger partial charge is 0.246 e. The number of anilines is 2. The van der Waals surface area contributed by atoms with Crippen LogP contribution in [-0.2, 0) is 4.79 Å². The van der Waals surface area contributed by atoms with Gasteiger partial charge in [-0.1, -0.05) is 17.7 Å². The van der Waals surface area contributed by atoms with Crippen molar-refractivity contribution >= 4 is 28.9 Å². The van der Waals surface area contributed by atoms with Gasteiger partial charge in [-0.3, -0.25) is 4.79 Å². The van der Waals surface area contributed by atoms with Gasteiger partial charge in [-0.25, -0.2) is 4.39 Å². The molecule has 2 aromatic carbocycles. The van der Waals surface area contributed by atoms with Crippen LogP contribution in [0.4, 0.5) is 15.8 Å². The van der Waals surface area contributed by atoms with Crippen LogP contribution in [0.5, 0.6) is 0 Å². The maximum Gasteiger partial charge on any atom is 0.246 e. The zero-order chi connectivity index (χ0) is 15.4. The van der Waals surface area contributed by atoms with Crippen LogP contribution >= 0.6 is 11.6 Å². The summed E-state index contributed by atoms with van der Waals surface area (Å²) in [6, 6.07) is 10.7. The molecule has 0 saturated heterocycles. The Balaban J connectivity index is 1.98. The minimum atomic E-state index is -0.450. The van der Waals surface area contributed by atoms with Crippen LogP contribution in [0.3, 0.4) is 0 Å². The van der Waals surface area contributed by atoms with Crippen molar-refractivity contribution in [2.75, 3.05) is 10.6 Å². The molecule has 0 heterocycles. The van der Waals surface area contributed by atoms with Crippen LogP contribution in [0.15, 0.2) is 42.5 Å². The Kier molecular flexibility index (Phi) is 4.81. The molecule has 21 heavy (non-hydrogen) atoms. The van der Waals surface area contributed by atoms with Gasteiger partial charge in [0, 0.05) is 16.4 Å². The molecule has 0 radical (unpaired) electrons. The van der Waals surface area contributed by atoms with Crippen LogP contribution < -0.4 is 10.6 Å². The van der Waals surface area contributed by atoms with E-state index in [4.69, 9.17) is 11.6 Å². The van der Waals surface area contributed by atoms with E-state index in [1.54, 1.807) is 13.0 Å². The van der Waals surface area contributed by atoms with Crippen molar-refractivity contribution in [2.45, 2.75) is 19.9 Å². The molecular weight excluding hydrogens is 291 g/mol. The maximum absolute atomic E-state index is 12.8. The molecule has 2 rings (SSSR count). The Bertz CT molecular complexity index is 643. The molecule has 0 unspecified atom stereocenters. The fourth-order valence-corrected chi connectivity index (χ4v) is 1.96. The molecule has 0 aromatic heterocycles. The van der Waals surface area contributed by atoms with Crippen LogP contribution in [0.25, 0.3) is 0 Å². The van der Waals surface area contributed by atoms with Gasteiger partial charge in [-0.05, 0) is 55.8 Å². The molecule has 110 valence electrons. The number of amides is 1. The van der Waals surface area contributed by atoms with Crippen molar-refractivity contribution in [3.05, 3.63) is 58.9 Å². The number of benzene rings is 2. The van der Waals surface area contributed by atoms with Gasteiger partial charge in [-0.15, -0.1) is 0 Å². The highest BCUT2D eigenvalue weighted by atomic mass is 35.5. The Morgan fingerprint density at radius 1 is 1.14 bits per heavy atom. The van der Waals surface area contributed by atoms with E-state index < -0.39 is 6.04 Å². The second-order valence-electron chi connectivity index (χ2n) is 4.83. The molecule has 1 atom stereocenters. The molecule has 0 aliphatic heterocycles. The Morgan fingerprint density at radius 2 is 1.76 bits per heavy atom. The lowest BCUT2D eigenvalue weighted by molar-refractivity contribution is -0.116. The van der Waals surface area contributed by atoms with E-state index in [1.807, 2.05) is 19.1 Å². The van der Waals surface area contributed by atoms with Crippen molar-refractivity contribution < 1.29 is 9.18 Å². The number of hydrogen-bond acceptors (Lipinski definition) is 2. The molecule has 0 fully saturated rings. The van der Waals surface area contributed by atoms with Gasteiger partial charge in [0.15, 0.2) is 0 Å². The lowest BCUT2D eigenvalue weighted by Gasteiger charge is -2.16. The van der Waals surface area contributed by atoms with Gasteiger partial charge >= 0.3 is 0 Å². The SMILES string of the molecule is Cc1ccc(N[C@H](C)C(=O)Nc2ccc(F)cc2)cc1Cl. The molecule has 2 aromatic rings. The second kappa shape index (κ2) is 6.59. The molecule has 1 amide bonds. The third-order valence-corrected chi connectivity index (χ3v) is 3.47. The first-order valence-electron chi connectivity index (χ1n) is 6.55. The number of rotatable bonds is 4. The van der Waals surface area contributed by atoms with Gasteiger partial charge < -0.3 is 10.6 Å². The van der Waals surface area contributed by atoms with E-state index in [2.05, 4.69) is 10.6 Å². The Labute approximate surface area is 128 Å².